The van der Waals surface area contributed by atoms with Crippen molar-refractivity contribution in [2.75, 3.05) is 7.05 Å². The molecule has 7 nitrogen and oxygen atoms in total. The monoisotopic (exact) mass is 304 g/mol. The standard InChI is InChI=1S/C15H16N2O5/c1-8-10-6-4-5-7-11(10)22-12(8)14(19)21-9(2)13(18)17-15(20)16-3/h4-7,9H,1-3H3,(H2,16,17,18,20)/t9-/m0/s1. The molecule has 1 heterocycles. The summed E-state index contributed by atoms with van der Waals surface area (Å²) in [5, 5.41) is 5.07. The fourth-order valence-electron chi connectivity index (χ4n) is 1.91. The Labute approximate surface area is 126 Å². The summed E-state index contributed by atoms with van der Waals surface area (Å²) in [4.78, 5) is 34.8. The number of urea groups is 1. The van der Waals surface area contributed by atoms with Crippen LogP contribution in [0, 0.1) is 6.92 Å². The zero-order valence-electron chi connectivity index (χ0n) is 12.4. The first-order chi connectivity index (χ1) is 10.4. The minimum Gasteiger partial charge on any atom is -0.449 e. The van der Waals surface area contributed by atoms with E-state index in [1.807, 2.05) is 17.4 Å². The van der Waals surface area contributed by atoms with Crippen LogP contribution in [0.1, 0.15) is 23.0 Å². The van der Waals surface area contributed by atoms with Crippen molar-refractivity contribution >= 4 is 28.9 Å². The molecule has 0 aliphatic rings. The van der Waals surface area contributed by atoms with Crippen LogP contribution in [0.15, 0.2) is 28.7 Å². The van der Waals surface area contributed by atoms with Gasteiger partial charge < -0.3 is 14.5 Å². The SMILES string of the molecule is CNC(=O)NC(=O)[C@H](C)OC(=O)c1oc2ccccc2c1C. The van der Waals surface area contributed by atoms with Crippen LogP contribution in [-0.2, 0) is 9.53 Å². The number of benzene rings is 1. The second-order valence-electron chi connectivity index (χ2n) is 4.67. The van der Waals surface area contributed by atoms with Crippen molar-refractivity contribution in [3.63, 3.8) is 0 Å². The van der Waals surface area contributed by atoms with E-state index in [-0.39, 0.29) is 5.76 Å². The molecule has 2 aromatic rings. The van der Waals surface area contributed by atoms with E-state index in [9.17, 15) is 14.4 Å². The number of imide groups is 1. The first-order valence-electron chi connectivity index (χ1n) is 6.65. The van der Waals surface area contributed by atoms with Crippen LogP contribution in [-0.4, -0.2) is 31.1 Å². The Balaban J connectivity index is 2.12. The summed E-state index contributed by atoms with van der Waals surface area (Å²) >= 11 is 0. The molecule has 3 amide bonds. The molecule has 0 aliphatic heterocycles. The van der Waals surface area contributed by atoms with Gasteiger partial charge in [-0.25, -0.2) is 9.59 Å². The number of aryl methyl sites for hydroxylation is 1. The number of carbonyl (C=O) groups is 3. The third kappa shape index (κ3) is 3.08. The van der Waals surface area contributed by atoms with E-state index in [1.54, 1.807) is 19.1 Å². The lowest BCUT2D eigenvalue weighted by Gasteiger charge is -2.11. The molecule has 1 atom stereocenters. The van der Waals surface area contributed by atoms with Gasteiger partial charge in [-0.1, -0.05) is 18.2 Å². The van der Waals surface area contributed by atoms with Crippen molar-refractivity contribution in [3.05, 3.63) is 35.6 Å². The second-order valence-corrected chi connectivity index (χ2v) is 4.67. The quantitative estimate of drug-likeness (QED) is 0.842. The highest BCUT2D eigenvalue weighted by atomic mass is 16.6. The van der Waals surface area contributed by atoms with Crippen LogP contribution >= 0.6 is 0 Å². The smallest absolute Gasteiger partial charge is 0.375 e. The number of fused-ring (bicyclic) bond motifs is 1. The number of rotatable bonds is 3. The third-order valence-corrected chi connectivity index (χ3v) is 3.15. The zero-order chi connectivity index (χ0) is 16.3. The fourth-order valence-corrected chi connectivity index (χ4v) is 1.91. The molecular weight excluding hydrogens is 288 g/mol. The highest BCUT2D eigenvalue weighted by Crippen LogP contribution is 2.25. The number of para-hydroxylation sites is 1. The van der Waals surface area contributed by atoms with Gasteiger partial charge in [0.1, 0.15) is 5.58 Å². The molecule has 0 spiro atoms. The average Bonchev–Trinajstić information content (AvgIpc) is 2.84. The van der Waals surface area contributed by atoms with Gasteiger partial charge in [0.25, 0.3) is 5.91 Å². The van der Waals surface area contributed by atoms with E-state index in [0.29, 0.717) is 11.1 Å². The Hall–Kier alpha value is -2.83. The number of amides is 3. The van der Waals surface area contributed by atoms with Gasteiger partial charge in [0.05, 0.1) is 0 Å². The number of hydrogen-bond acceptors (Lipinski definition) is 5. The van der Waals surface area contributed by atoms with Crippen molar-refractivity contribution < 1.29 is 23.5 Å². The molecule has 0 saturated heterocycles. The summed E-state index contributed by atoms with van der Waals surface area (Å²) < 4.78 is 10.5. The molecule has 116 valence electrons. The summed E-state index contributed by atoms with van der Waals surface area (Å²) in [5.41, 5.74) is 1.20. The van der Waals surface area contributed by atoms with Gasteiger partial charge in [-0.05, 0) is 19.9 Å². The highest BCUT2D eigenvalue weighted by molar-refractivity contribution is 5.99. The zero-order valence-corrected chi connectivity index (χ0v) is 12.4. The molecular formula is C15H16N2O5. The van der Waals surface area contributed by atoms with E-state index in [2.05, 4.69) is 5.32 Å². The van der Waals surface area contributed by atoms with E-state index in [1.165, 1.54) is 14.0 Å². The molecule has 1 aromatic carbocycles. The summed E-state index contributed by atoms with van der Waals surface area (Å²) in [7, 11) is 1.37. The number of hydrogen-bond donors (Lipinski definition) is 2. The van der Waals surface area contributed by atoms with Gasteiger partial charge in [-0.3, -0.25) is 10.1 Å². The van der Waals surface area contributed by atoms with Crippen molar-refractivity contribution in [2.45, 2.75) is 20.0 Å². The summed E-state index contributed by atoms with van der Waals surface area (Å²) in [6.07, 6.45) is -1.13. The Morgan fingerprint density at radius 3 is 2.55 bits per heavy atom. The molecule has 2 N–H and O–H groups in total. The van der Waals surface area contributed by atoms with Gasteiger partial charge in [-0.15, -0.1) is 0 Å². The maximum Gasteiger partial charge on any atom is 0.375 e. The maximum atomic E-state index is 12.1. The lowest BCUT2D eigenvalue weighted by molar-refractivity contribution is -0.128. The van der Waals surface area contributed by atoms with Crippen LogP contribution in [0.3, 0.4) is 0 Å². The molecule has 7 heteroatoms. The van der Waals surface area contributed by atoms with Crippen LogP contribution in [0.4, 0.5) is 4.79 Å². The summed E-state index contributed by atoms with van der Waals surface area (Å²) in [6.45, 7) is 3.10. The maximum absolute atomic E-state index is 12.1. The number of carbonyl (C=O) groups excluding carboxylic acids is 3. The number of furan rings is 1. The van der Waals surface area contributed by atoms with Crippen molar-refractivity contribution in [3.8, 4) is 0 Å². The first-order valence-corrected chi connectivity index (χ1v) is 6.65. The molecule has 1 aromatic heterocycles. The van der Waals surface area contributed by atoms with Gasteiger partial charge in [0.15, 0.2) is 6.10 Å². The van der Waals surface area contributed by atoms with Crippen molar-refractivity contribution in [2.24, 2.45) is 0 Å². The number of nitrogens with one attached hydrogen (secondary N) is 2. The van der Waals surface area contributed by atoms with Crippen LogP contribution in [0.2, 0.25) is 0 Å². The lowest BCUT2D eigenvalue weighted by atomic mass is 10.1. The van der Waals surface area contributed by atoms with Crippen molar-refractivity contribution in [1.29, 1.82) is 0 Å². The minimum absolute atomic E-state index is 0.0424. The van der Waals surface area contributed by atoms with Crippen LogP contribution in [0.25, 0.3) is 11.0 Å². The molecule has 2 rings (SSSR count). The Morgan fingerprint density at radius 1 is 1.23 bits per heavy atom. The predicted octanol–water partition coefficient (Wildman–Crippen LogP) is 1.74. The van der Waals surface area contributed by atoms with Gasteiger partial charge >= 0.3 is 12.0 Å². The van der Waals surface area contributed by atoms with E-state index in [0.717, 1.165) is 5.39 Å². The fraction of sp³-hybridized carbons (Fsp3) is 0.267. The Kier molecular flexibility index (Phi) is 4.45. The molecule has 0 unspecified atom stereocenters. The van der Waals surface area contributed by atoms with E-state index < -0.39 is 24.0 Å². The van der Waals surface area contributed by atoms with Gasteiger partial charge in [-0.2, -0.15) is 0 Å². The number of ether oxygens (including phenoxy) is 1. The largest absolute Gasteiger partial charge is 0.449 e. The normalized spacial score (nSPS) is 11.8. The van der Waals surface area contributed by atoms with Gasteiger partial charge in [0.2, 0.25) is 5.76 Å². The summed E-state index contributed by atoms with van der Waals surface area (Å²) in [5.74, 6) is -1.43. The molecule has 22 heavy (non-hydrogen) atoms. The van der Waals surface area contributed by atoms with Crippen LogP contribution < -0.4 is 10.6 Å². The van der Waals surface area contributed by atoms with Crippen LogP contribution in [0.5, 0.6) is 0 Å². The topological polar surface area (TPSA) is 97.6 Å². The molecule has 0 saturated carbocycles. The van der Waals surface area contributed by atoms with Gasteiger partial charge in [0, 0.05) is 18.0 Å². The highest BCUT2D eigenvalue weighted by Gasteiger charge is 2.24. The number of esters is 1. The molecule has 0 fully saturated rings. The van der Waals surface area contributed by atoms with E-state index in [4.69, 9.17) is 9.15 Å². The molecule has 0 aliphatic carbocycles. The van der Waals surface area contributed by atoms with Crippen molar-refractivity contribution in [1.82, 2.24) is 10.6 Å². The Morgan fingerprint density at radius 2 is 1.91 bits per heavy atom. The average molecular weight is 304 g/mol. The third-order valence-electron chi connectivity index (χ3n) is 3.15. The van der Waals surface area contributed by atoms with E-state index >= 15 is 0 Å². The second kappa shape index (κ2) is 6.30. The molecule has 0 radical (unpaired) electrons. The minimum atomic E-state index is -1.13. The first kappa shape index (κ1) is 15.6. The molecule has 0 bridgehead atoms. The summed E-state index contributed by atoms with van der Waals surface area (Å²) in [6, 6.07) is 6.51. The Bertz CT molecular complexity index is 735. The predicted molar refractivity (Wildman–Crippen MR) is 78.4 cm³/mol. The lowest BCUT2D eigenvalue weighted by Crippen LogP contribution is -2.43.